The molecule has 0 saturated heterocycles. The summed E-state index contributed by atoms with van der Waals surface area (Å²) in [6.07, 6.45) is 0.853. The second kappa shape index (κ2) is 6.46. The largest absolute Gasteiger partial charge is 0.326 e. The summed E-state index contributed by atoms with van der Waals surface area (Å²) in [5.41, 5.74) is 2.76. The third-order valence-corrected chi connectivity index (χ3v) is 4.99. The summed E-state index contributed by atoms with van der Waals surface area (Å²) < 4.78 is 27.0. The molecule has 22 heavy (non-hydrogen) atoms. The molecule has 2 rings (SSSR count). The average molecular weight is 320 g/mol. The van der Waals surface area contributed by atoms with Crippen LogP contribution in [0.25, 0.3) is 0 Å². The summed E-state index contributed by atoms with van der Waals surface area (Å²) in [5, 5.41) is 0. The standard InChI is InChI=1S/C16H20N2O3S/c1-4-13-5-7-14(8-6-13)22(20,21)17-10-15-11(2)9-12(3)18-16(15)19/h5-9,17H,4,10H2,1-3H3,(H,18,19). The van der Waals surface area contributed by atoms with E-state index < -0.39 is 10.0 Å². The third kappa shape index (κ3) is 3.64. The molecule has 0 aliphatic heterocycles. The monoisotopic (exact) mass is 320 g/mol. The molecule has 1 aromatic carbocycles. The fourth-order valence-electron chi connectivity index (χ4n) is 2.26. The maximum Gasteiger partial charge on any atom is 0.252 e. The van der Waals surface area contributed by atoms with E-state index in [2.05, 4.69) is 9.71 Å². The molecule has 2 N–H and O–H groups in total. The number of aryl methyl sites for hydroxylation is 3. The molecule has 0 radical (unpaired) electrons. The van der Waals surface area contributed by atoms with Gasteiger partial charge in [0, 0.05) is 17.8 Å². The van der Waals surface area contributed by atoms with Gasteiger partial charge in [0.25, 0.3) is 5.56 Å². The summed E-state index contributed by atoms with van der Waals surface area (Å²) >= 11 is 0. The first-order chi connectivity index (χ1) is 10.3. The van der Waals surface area contributed by atoms with Crippen molar-refractivity contribution in [3.63, 3.8) is 0 Å². The molecule has 5 nitrogen and oxygen atoms in total. The molecule has 118 valence electrons. The number of aromatic nitrogens is 1. The lowest BCUT2D eigenvalue weighted by atomic mass is 10.1. The second-order valence-electron chi connectivity index (χ2n) is 5.27. The van der Waals surface area contributed by atoms with Crippen molar-refractivity contribution < 1.29 is 8.42 Å². The first kappa shape index (κ1) is 16.5. The summed E-state index contributed by atoms with van der Waals surface area (Å²) in [6, 6.07) is 8.55. The minimum Gasteiger partial charge on any atom is -0.326 e. The van der Waals surface area contributed by atoms with Crippen molar-refractivity contribution in [2.45, 2.75) is 38.6 Å². The summed E-state index contributed by atoms with van der Waals surface area (Å²) in [4.78, 5) is 14.8. The number of hydrogen-bond acceptors (Lipinski definition) is 3. The van der Waals surface area contributed by atoms with E-state index >= 15 is 0 Å². The van der Waals surface area contributed by atoms with Crippen LogP contribution in [0.1, 0.15) is 29.3 Å². The Balaban J connectivity index is 2.21. The van der Waals surface area contributed by atoms with Crippen LogP contribution in [0.15, 0.2) is 40.0 Å². The van der Waals surface area contributed by atoms with Gasteiger partial charge in [-0.05, 0) is 49.6 Å². The van der Waals surface area contributed by atoms with Gasteiger partial charge in [0.2, 0.25) is 10.0 Å². The van der Waals surface area contributed by atoms with Crippen LogP contribution in [-0.4, -0.2) is 13.4 Å². The minimum atomic E-state index is -3.63. The zero-order chi connectivity index (χ0) is 16.3. The zero-order valence-electron chi connectivity index (χ0n) is 12.9. The highest BCUT2D eigenvalue weighted by Crippen LogP contribution is 2.12. The number of aromatic amines is 1. The highest BCUT2D eigenvalue weighted by atomic mass is 32.2. The fraction of sp³-hybridized carbons (Fsp3) is 0.312. The fourth-order valence-corrected chi connectivity index (χ4v) is 3.25. The normalized spacial score (nSPS) is 11.6. The van der Waals surface area contributed by atoms with Gasteiger partial charge in [-0.1, -0.05) is 19.1 Å². The Bertz CT molecular complexity index is 821. The van der Waals surface area contributed by atoms with Crippen molar-refractivity contribution in [1.29, 1.82) is 0 Å². The number of rotatable bonds is 5. The molecule has 0 unspecified atom stereocenters. The molecule has 0 fully saturated rings. The quantitative estimate of drug-likeness (QED) is 0.885. The molecule has 0 bridgehead atoms. The summed E-state index contributed by atoms with van der Waals surface area (Å²) in [6.45, 7) is 5.56. The van der Waals surface area contributed by atoms with E-state index in [9.17, 15) is 13.2 Å². The van der Waals surface area contributed by atoms with Crippen LogP contribution in [0.5, 0.6) is 0 Å². The minimum absolute atomic E-state index is 0.0285. The lowest BCUT2D eigenvalue weighted by Gasteiger charge is -2.09. The predicted octanol–water partition coefficient (Wildman–Crippen LogP) is 2.03. The molecule has 0 aliphatic rings. The molecule has 0 aliphatic carbocycles. The van der Waals surface area contributed by atoms with Crippen LogP contribution in [0.3, 0.4) is 0 Å². The Hall–Kier alpha value is -1.92. The Kier molecular flexibility index (Phi) is 4.83. The van der Waals surface area contributed by atoms with E-state index in [0.717, 1.165) is 23.2 Å². The van der Waals surface area contributed by atoms with Gasteiger partial charge in [0.1, 0.15) is 0 Å². The Morgan fingerprint density at radius 3 is 2.32 bits per heavy atom. The maximum absolute atomic E-state index is 12.3. The molecule has 0 amide bonds. The summed E-state index contributed by atoms with van der Waals surface area (Å²) in [5.74, 6) is 0. The van der Waals surface area contributed by atoms with Gasteiger partial charge in [-0.3, -0.25) is 4.79 Å². The van der Waals surface area contributed by atoms with Crippen LogP contribution in [-0.2, 0) is 23.0 Å². The van der Waals surface area contributed by atoms with Gasteiger partial charge in [-0.15, -0.1) is 0 Å². The summed E-state index contributed by atoms with van der Waals surface area (Å²) in [7, 11) is -3.63. The Morgan fingerprint density at radius 1 is 1.14 bits per heavy atom. The second-order valence-corrected chi connectivity index (χ2v) is 7.03. The van der Waals surface area contributed by atoms with E-state index in [1.165, 1.54) is 0 Å². The number of pyridine rings is 1. The van der Waals surface area contributed by atoms with Crippen LogP contribution in [0.2, 0.25) is 0 Å². The predicted molar refractivity (Wildman–Crippen MR) is 86.4 cm³/mol. The average Bonchev–Trinajstić information content (AvgIpc) is 2.46. The Morgan fingerprint density at radius 2 is 1.77 bits per heavy atom. The lowest BCUT2D eigenvalue weighted by molar-refractivity contribution is 0.581. The molecule has 0 spiro atoms. The number of hydrogen-bond donors (Lipinski definition) is 2. The zero-order valence-corrected chi connectivity index (χ0v) is 13.8. The van der Waals surface area contributed by atoms with Crippen LogP contribution in [0.4, 0.5) is 0 Å². The lowest BCUT2D eigenvalue weighted by Crippen LogP contribution is -2.28. The van der Waals surface area contributed by atoms with E-state index in [1.807, 2.05) is 13.0 Å². The van der Waals surface area contributed by atoms with E-state index in [0.29, 0.717) is 5.56 Å². The highest BCUT2D eigenvalue weighted by molar-refractivity contribution is 7.89. The number of H-pyrrole nitrogens is 1. The topological polar surface area (TPSA) is 79.0 Å². The first-order valence-electron chi connectivity index (χ1n) is 7.11. The van der Waals surface area contributed by atoms with E-state index in [4.69, 9.17) is 0 Å². The van der Waals surface area contributed by atoms with E-state index in [1.54, 1.807) is 38.1 Å². The molecule has 1 heterocycles. The Labute approximate surface area is 130 Å². The SMILES string of the molecule is CCc1ccc(S(=O)(=O)NCc2c(C)cc(C)[nH]c2=O)cc1. The molecule has 1 aromatic heterocycles. The number of benzene rings is 1. The number of nitrogens with one attached hydrogen (secondary N) is 2. The van der Waals surface area contributed by atoms with Gasteiger partial charge in [0.15, 0.2) is 0 Å². The molecule has 0 saturated carbocycles. The first-order valence-corrected chi connectivity index (χ1v) is 8.60. The van der Waals surface area contributed by atoms with Crippen LogP contribution < -0.4 is 10.3 Å². The number of sulfonamides is 1. The van der Waals surface area contributed by atoms with Crippen LogP contribution in [0, 0.1) is 13.8 Å². The smallest absolute Gasteiger partial charge is 0.252 e. The van der Waals surface area contributed by atoms with Gasteiger partial charge >= 0.3 is 0 Å². The van der Waals surface area contributed by atoms with Gasteiger partial charge in [-0.25, -0.2) is 13.1 Å². The van der Waals surface area contributed by atoms with Gasteiger partial charge in [0.05, 0.1) is 4.90 Å². The molecule has 6 heteroatoms. The van der Waals surface area contributed by atoms with Crippen molar-refractivity contribution in [3.8, 4) is 0 Å². The van der Waals surface area contributed by atoms with Gasteiger partial charge < -0.3 is 4.98 Å². The third-order valence-electron chi connectivity index (χ3n) is 3.57. The van der Waals surface area contributed by atoms with Crippen molar-refractivity contribution in [3.05, 3.63) is 63.1 Å². The molecule has 0 atom stereocenters. The molecular weight excluding hydrogens is 300 g/mol. The van der Waals surface area contributed by atoms with Crippen molar-refractivity contribution in [2.75, 3.05) is 0 Å². The van der Waals surface area contributed by atoms with Crippen LogP contribution >= 0.6 is 0 Å². The molecule has 2 aromatic rings. The van der Waals surface area contributed by atoms with E-state index in [-0.39, 0.29) is 17.0 Å². The van der Waals surface area contributed by atoms with Crippen molar-refractivity contribution >= 4 is 10.0 Å². The maximum atomic E-state index is 12.3. The highest BCUT2D eigenvalue weighted by Gasteiger charge is 2.15. The van der Waals surface area contributed by atoms with Crippen molar-refractivity contribution in [1.82, 2.24) is 9.71 Å². The van der Waals surface area contributed by atoms with Crippen molar-refractivity contribution in [2.24, 2.45) is 0 Å². The molecular formula is C16H20N2O3S. The van der Waals surface area contributed by atoms with Gasteiger partial charge in [-0.2, -0.15) is 0 Å².